The van der Waals surface area contributed by atoms with Crippen LogP contribution in [0.1, 0.15) is 16.3 Å². The van der Waals surface area contributed by atoms with Crippen molar-refractivity contribution in [2.75, 3.05) is 6.79 Å². The fraction of sp³-hybridized carbons (Fsp3) is 0.154. The second kappa shape index (κ2) is 4.10. The zero-order valence-electron chi connectivity index (χ0n) is 9.71. The maximum atomic E-state index is 10.8. The van der Waals surface area contributed by atoms with Gasteiger partial charge in [-0.1, -0.05) is 0 Å². The van der Waals surface area contributed by atoms with Crippen molar-refractivity contribution in [3.05, 3.63) is 35.8 Å². The van der Waals surface area contributed by atoms with Gasteiger partial charge in [0.05, 0.1) is 5.69 Å². The zero-order chi connectivity index (χ0) is 12.5. The summed E-state index contributed by atoms with van der Waals surface area (Å²) in [6.45, 7) is 2.06. The first-order chi connectivity index (χ1) is 8.76. The van der Waals surface area contributed by atoms with Crippen LogP contribution in [0.15, 0.2) is 24.3 Å². The summed E-state index contributed by atoms with van der Waals surface area (Å²) < 4.78 is 10.6. The van der Waals surface area contributed by atoms with Crippen molar-refractivity contribution in [1.82, 2.24) is 9.97 Å². The van der Waals surface area contributed by atoms with Crippen molar-refractivity contribution < 1.29 is 14.3 Å². The lowest BCUT2D eigenvalue weighted by atomic mass is 10.1. The Balaban J connectivity index is 2.09. The van der Waals surface area contributed by atoms with Gasteiger partial charge < -0.3 is 9.47 Å². The standard InChI is InChI=1S/C13H10N2O3/c1-8-4-10(15-13(6-16)14-8)9-2-3-11-12(5-9)18-7-17-11/h2-6H,7H2,1H3. The molecule has 0 radical (unpaired) electrons. The minimum atomic E-state index is 0.183. The molecule has 0 saturated carbocycles. The lowest BCUT2D eigenvalue weighted by molar-refractivity contribution is 0.111. The van der Waals surface area contributed by atoms with Gasteiger partial charge in [0.2, 0.25) is 6.79 Å². The third kappa shape index (κ3) is 1.79. The molecule has 18 heavy (non-hydrogen) atoms. The number of fused-ring (bicyclic) bond motifs is 1. The highest BCUT2D eigenvalue weighted by molar-refractivity contribution is 5.72. The Labute approximate surface area is 103 Å². The van der Waals surface area contributed by atoms with Crippen LogP contribution in [-0.2, 0) is 0 Å². The minimum absolute atomic E-state index is 0.183. The maximum Gasteiger partial charge on any atom is 0.231 e. The number of benzene rings is 1. The van der Waals surface area contributed by atoms with Crippen LogP contribution in [0.4, 0.5) is 0 Å². The van der Waals surface area contributed by atoms with Crippen molar-refractivity contribution in [2.45, 2.75) is 6.92 Å². The van der Waals surface area contributed by atoms with Gasteiger partial charge in [-0.15, -0.1) is 0 Å². The predicted octanol–water partition coefficient (Wildman–Crippen LogP) is 1.99. The molecule has 0 saturated heterocycles. The Kier molecular flexibility index (Phi) is 2.44. The molecule has 0 unspecified atom stereocenters. The number of carbonyl (C=O) groups excluding carboxylic acids is 1. The Bertz CT molecular complexity index is 626. The van der Waals surface area contributed by atoms with E-state index in [0.717, 1.165) is 17.0 Å². The maximum absolute atomic E-state index is 10.8. The zero-order valence-corrected chi connectivity index (χ0v) is 9.71. The molecule has 5 heteroatoms. The number of nitrogens with zero attached hydrogens (tertiary/aromatic N) is 2. The highest BCUT2D eigenvalue weighted by atomic mass is 16.7. The molecule has 0 amide bonds. The highest BCUT2D eigenvalue weighted by Gasteiger charge is 2.14. The van der Waals surface area contributed by atoms with E-state index in [1.807, 2.05) is 31.2 Å². The average Bonchev–Trinajstić information content (AvgIpc) is 2.85. The molecule has 90 valence electrons. The SMILES string of the molecule is Cc1cc(-c2ccc3c(c2)OCO3)nc(C=O)n1. The molecule has 0 fully saturated rings. The minimum Gasteiger partial charge on any atom is -0.454 e. The number of carbonyl (C=O) groups is 1. The molecular formula is C13H10N2O3. The molecule has 2 heterocycles. The molecule has 3 rings (SSSR count). The van der Waals surface area contributed by atoms with E-state index in [1.54, 1.807) is 0 Å². The first-order valence-electron chi connectivity index (χ1n) is 5.47. The van der Waals surface area contributed by atoms with Gasteiger partial charge in [0, 0.05) is 11.3 Å². The molecular weight excluding hydrogens is 232 g/mol. The van der Waals surface area contributed by atoms with Crippen molar-refractivity contribution in [3.63, 3.8) is 0 Å². The lowest BCUT2D eigenvalue weighted by Gasteiger charge is -2.04. The van der Waals surface area contributed by atoms with Gasteiger partial charge in [-0.05, 0) is 31.2 Å². The molecule has 1 aromatic carbocycles. The van der Waals surface area contributed by atoms with E-state index in [9.17, 15) is 4.79 Å². The number of aryl methyl sites for hydroxylation is 1. The summed E-state index contributed by atoms with van der Waals surface area (Å²) in [6.07, 6.45) is 0.642. The van der Waals surface area contributed by atoms with Crippen LogP contribution in [0.2, 0.25) is 0 Å². The quantitative estimate of drug-likeness (QED) is 0.754. The molecule has 1 aliphatic rings. The first kappa shape index (κ1) is 10.7. The Morgan fingerprint density at radius 3 is 2.83 bits per heavy atom. The third-order valence-corrected chi connectivity index (χ3v) is 2.65. The summed E-state index contributed by atoms with van der Waals surface area (Å²) in [5, 5.41) is 0. The van der Waals surface area contributed by atoms with Crippen LogP contribution in [0.5, 0.6) is 11.5 Å². The fourth-order valence-corrected chi connectivity index (χ4v) is 1.85. The average molecular weight is 242 g/mol. The number of aromatic nitrogens is 2. The number of aldehydes is 1. The molecule has 1 aromatic heterocycles. The van der Waals surface area contributed by atoms with Crippen LogP contribution in [0, 0.1) is 6.92 Å². The van der Waals surface area contributed by atoms with Crippen LogP contribution < -0.4 is 9.47 Å². The van der Waals surface area contributed by atoms with Gasteiger partial charge in [-0.25, -0.2) is 9.97 Å². The molecule has 0 aliphatic carbocycles. The van der Waals surface area contributed by atoms with Gasteiger partial charge in [0.15, 0.2) is 23.6 Å². The monoisotopic (exact) mass is 242 g/mol. The smallest absolute Gasteiger partial charge is 0.231 e. The summed E-state index contributed by atoms with van der Waals surface area (Å²) >= 11 is 0. The molecule has 0 atom stereocenters. The lowest BCUT2D eigenvalue weighted by Crippen LogP contribution is -1.97. The van der Waals surface area contributed by atoms with Gasteiger partial charge in [-0.3, -0.25) is 4.79 Å². The summed E-state index contributed by atoms with van der Waals surface area (Å²) in [4.78, 5) is 18.9. The van der Waals surface area contributed by atoms with Gasteiger partial charge in [0.25, 0.3) is 0 Å². The normalized spacial score (nSPS) is 12.5. The molecule has 0 N–H and O–H groups in total. The summed E-state index contributed by atoms with van der Waals surface area (Å²) in [7, 11) is 0. The van der Waals surface area contributed by atoms with E-state index >= 15 is 0 Å². The number of hydrogen-bond donors (Lipinski definition) is 0. The highest BCUT2D eigenvalue weighted by Crippen LogP contribution is 2.35. The van der Waals surface area contributed by atoms with E-state index in [-0.39, 0.29) is 12.6 Å². The van der Waals surface area contributed by atoms with Gasteiger partial charge >= 0.3 is 0 Å². The number of rotatable bonds is 2. The van der Waals surface area contributed by atoms with Crippen LogP contribution in [-0.4, -0.2) is 23.0 Å². The van der Waals surface area contributed by atoms with Crippen LogP contribution in [0.3, 0.4) is 0 Å². The Morgan fingerprint density at radius 2 is 2.00 bits per heavy atom. The number of hydrogen-bond acceptors (Lipinski definition) is 5. The predicted molar refractivity (Wildman–Crippen MR) is 63.7 cm³/mol. The Morgan fingerprint density at radius 1 is 1.17 bits per heavy atom. The van der Waals surface area contributed by atoms with Crippen molar-refractivity contribution in [1.29, 1.82) is 0 Å². The number of ether oxygens (including phenoxy) is 2. The molecule has 0 bridgehead atoms. The molecule has 1 aliphatic heterocycles. The Hall–Kier alpha value is -2.43. The van der Waals surface area contributed by atoms with Crippen molar-refractivity contribution in [2.24, 2.45) is 0 Å². The largest absolute Gasteiger partial charge is 0.454 e. The van der Waals surface area contributed by atoms with E-state index in [4.69, 9.17) is 9.47 Å². The van der Waals surface area contributed by atoms with E-state index in [1.165, 1.54) is 0 Å². The van der Waals surface area contributed by atoms with Crippen LogP contribution >= 0.6 is 0 Å². The van der Waals surface area contributed by atoms with Gasteiger partial charge in [-0.2, -0.15) is 0 Å². The van der Waals surface area contributed by atoms with Crippen molar-refractivity contribution >= 4 is 6.29 Å². The van der Waals surface area contributed by atoms with E-state index in [0.29, 0.717) is 17.7 Å². The second-order valence-electron chi connectivity index (χ2n) is 3.94. The van der Waals surface area contributed by atoms with E-state index in [2.05, 4.69) is 9.97 Å². The topological polar surface area (TPSA) is 61.3 Å². The van der Waals surface area contributed by atoms with E-state index < -0.39 is 0 Å². The summed E-state index contributed by atoms with van der Waals surface area (Å²) in [5.41, 5.74) is 2.32. The fourth-order valence-electron chi connectivity index (χ4n) is 1.85. The summed E-state index contributed by atoms with van der Waals surface area (Å²) in [6, 6.07) is 7.38. The van der Waals surface area contributed by atoms with Crippen LogP contribution in [0.25, 0.3) is 11.3 Å². The molecule has 5 nitrogen and oxygen atoms in total. The molecule has 2 aromatic rings. The third-order valence-electron chi connectivity index (χ3n) is 2.65. The molecule has 0 spiro atoms. The van der Waals surface area contributed by atoms with Gasteiger partial charge in [0.1, 0.15) is 0 Å². The summed E-state index contributed by atoms with van der Waals surface area (Å²) in [5.74, 6) is 1.60. The first-order valence-corrected chi connectivity index (χ1v) is 5.47. The second-order valence-corrected chi connectivity index (χ2v) is 3.94. The van der Waals surface area contributed by atoms with Crippen molar-refractivity contribution in [3.8, 4) is 22.8 Å².